The van der Waals surface area contributed by atoms with Crippen LogP contribution in [0.2, 0.25) is 0 Å². The number of anilines is 1. The van der Waals surface area contributed by atoms with Gasteiger partial charge in [-0.25, -0.2) is 8.78 Å². The molecule has 2 aromatic carbocycles. The maximum Gasteiger partial charge on any atom is 0.268 e. The van der Waals surface area contributed by atoms with Gasteiger partial charge < -0.3 is 10.2 Å². The van der Waals surface area contributed by atoms with Gasteiger partial charge in [0.25, 0.3) is 5.91 Å². The highest BCUT2D eigenvalue weighted by Crippen LogP contribution is 2.29. The summed E-state index contributed by atoms with van der Waals surface area (Å²) in [6.07, 6.45) is 2.80. The van der Waals surface area contributed by atoms with Gasteiger partial charge in [-0.1, -0.05) is 28.5 Å². The summed E-state index contributed by atoms with van der Waals surface area (Å²) < 4.78 is 27.2. The van der Waals surface area contributed by atoms with Crippen LogP contribution in [-0.4, -0.2) is 22.7 Å². The molecular formula is C22H16F2N4O3. The van der Waals surface area contributed by atoms with Crippen LogP contribution in [0, 0.1) is 16.5 Å². The first-order valence-corrected chi connectivity index (χ1v) is 9.36. The van der Waals surface area contributed by atoms with Gasteiger partial charge in [0.1, 0.15) is 17.7 Å². The fourth-order valence-corrected chi connectivity index (χ4v) is 3.21. The van der Waals surface area contributed by atoms with Crippen LogP contribution in [0.4, 0.5) is 14.5 Å². The van der Waals surface area contributed by atoms with Crippen molar-refractivity contribution >= 4 is 17.3 Å². The number of pyridine rings is 1. The quantitative estimate of drug-likeness (QED) is 0.598. The molecule has 0 fully saturated rings. The van der Waals surface area contributed by atoms with Gasteiger partial charge in [0.15, 0.2) is 0 Å². The van der Waals surface area contributed by atoms with E-state index in [2.05, 4.69) is 20.6 Å². The predicted molar refractivity (Wildman–Crippen MR) is 109 cm³/mol. The van der Waals surface area contributed by atoms with Gasteiger partial charge >= 0.3 is 0 Å². The maximum atomic E-state index is 14.0. The first-order valence-electron chi connectivity index (χ1n) is 9.36. The molecule has 0 bridgehead atoms. The highest BCUT2D eigenvalue weighted by molar-refractivity contribution is 6.05. The van der Waals surface area contributed by atoms with Crippen molar-refractivity contribution < 1.29 is 18.4 Å². The zero-order valence-corrected chi connectivity index (χ0v) is 16.0. The second kappa shape index (κ2) is 8.78. The van der Waals surface area contributed by atoms with Gasteiger partial charge in [-0.15, -0.1) is 4.91 Å². The van der Waals surface area contributed by atoms with Crippen LogP contribution in [0.1, 0.15) is 29.2 Å². The molecule has 2 heterocycles. The molecule has 1 amide bonds. The molecule has 3 aromatic rings. The molecule has 156 valence electrons. The Hall–Kier alpha value is -4.01. The number of amides is 1. The monoisotopic (exact) mass is 422 g/mol. The molecule has 1 aliphatic heterocycles. The average Bonchev–Trinajstić information content (AvgIpc) is 3.28. The second-order valence-electron chi connectivity index (χ2n) is 6.86. The number of halogens is 2. The van der Waals surface area contributed by atoms with Crippen LogP contribution < -0.4 is 5.32 Å². The molecule has 4 rings (SSSR count). The summed E-state index contributed by atoms with van der Waals surface area (Å²) in [5.41, 5.74) is 2.23. The number of oxime groups is 1. The van der Waals surface area contributed by atoms with Gasteiger partial charge in [-0.2, -0.15) is 0 Å². The number of benzene rings is 2. The minimum atomic E-state index is -1.14. The van der Waals surface area contributed by atoms with Crippen LogP contribution >= 0.6 is 0 Å². The highest BCUT2D eigenvalue weighted by Gasteiger charge is 2.29. The van der Waals surface area contributed by atoms with Crippen LogP contribution in [0.15, 0.2) is 77.3 Å². The number of nitrogens with one attached hydrogen (secondary N) is 1. The van der Waals surface area contributed by atoms with Crippen LogP contribution in [0.25, 0.3) is 0 Å². The topological polar surface area (TPSA) is 93.0 Å². The molecule has 2 atom stereocenters. The number of carbonyl (C=O) groups is 1. The van der Waals surface area contributed by atoms with Gasteiger partial charge in [0, 0.05) is 41.7 Å². The molecule has 0 aliphatic carbocycles. The largest absolute Gasteiger partial charge is 0.382 e. The molecule has 1 N–H and O–H groups in total. The van der Waals surface area contributed by atoms with Crippen molar-refractivity contribution in [3.63, 3.8) is 0 Å². The van der Waals surface area contributed by atoms with E-state index in [1.807, 2.05) is 6.07 Å². The number of hydrogen-bond donors (Lipinski definition) is 1. The minimum Gasteiger partial charge on any atom is -0.382 e. The number of aromatic nitrogens is 1. The minimum absolute atomic E-state index is 0.0346. The molecular weight excluding hydrogens is 406 g/mol. The summed E-state index contributed by atoms with van der Waals surface area (Å²) in [7, 11) is 0. The average molecular weight is 422 g/mol. The van der Waals surface area contributed by atoms with Gasteiger partial charge in [-0.3, -0.25) is 9.78 Å². The molecule has 9 heteroatoms. The molecule has 0 radical (unpaired) electrons. The summed E-state index contributed by atoms with van der Waals surface area (Å²) in [5, 5.41) is 9.64. The Morgan fingerprint density at radius 3 is 2.65 bits per heavy atom. The molecule has 0 saturated heterocycles. The highest BCUT2D eigenvalue weighted by atomic mass is 19.1. The van der Waals surface area contributed by atoms with Crippen LogP contribution in [0.3, 0.4) is 0 Å². The third-order valence-electron chi connectivity index (χ3n) is 4.81. The molecule has 0 spiro atoms. The van der Waals surface area contributed by atoms with E-state index < -0.39 is 23.8 Å². The Morgan fingerprint density at radius 1 is 1.16 bits per heavy atom. The number of rotatable bonds is 6. The second-order valence-corrected chi connectivity index (χ2v) is 6.86. The van der Waals surface area contributed by atoms with Crippen molar-refractivity contribution in [3.05, 3.63) is 100 Å². The van der Waals surface area contributed by atoms with E-state index in [1.54, 1.807) is 30.6 Å². The fourth-order valence-electron chi connectivity index (χ4n) is 3.21. The third-order valence-corrected chi connectivity index (χ3v) is 4.81. The molecule has 31 heavy (non-hydrogen) atoms. The lowest BCUT2D eigenvalue weighted by atomic mass is 9.98. The Morgan fingerprint density at radius 2 is 1.97 bits per heavy atom. The van der Waals surface area contributed by atoms with Crippen molar-refractivity contribution in [2.45, 2.75) is 18.6 Å². The van der Waals surface area contributed by atoms with E-state index in [9.17, 15) is 18.5 Å². The Balaban J connectivity index is 1.41. The van der Waals surface area contributed by atoms with E-state index in [-0.39, 0.29) is 11.5 Å². The lowest BCUT2D eigenvalue weighted by Crippen LogP contribution is -2.28. The summed E-state index contributed by atoms with van der Waals surface area (Å²) in [5.74, 6) is -1.98. The van der Waals surface area contributed by atoms with E-state index in [1.165, 1.54) is 18.2 Å². The van der Waals surface area contributed by atoms with Crippen molar-refractivity contribution in [2.75, 3.05) is 5.32 Å². The SMILES string of the molecule is O=NC(c1ccc(NC(=O)C2CC(c3cccnc3)=NO2)cc1)c1ccc(F)cc1F. The first kappa shape index (κ1) is 20.3. The van der Waals surface area contributed by atoms with Gasteiger partial charge in [-0.05, 0) is 35.9 Å². The van der Waals surface area contributed by atoms with Crippen molar-refractivity contribution in [3.8, 4) is 0 Å². The van der Waals surface area contributed by atoms with E-state index in [4.69, 9.17) is 4.84 Å². The summed E-state index contributed by atoms with van der Waals surface area (Å²) in [6.45, 7) is 0. The lowest BCUT2D eigenvalue weighted by Gasteiger charge is -2.13. The smallest absolute Gasteiger partial charge is 0.268 e. The number of carbonyl (C=O) groups excluding carboxylic acids is 1. The summed E-state index contributed by atoms with van der Waals surface area (Å²) in [4.78, 5) is 33.1. The van der Waals surface area contributed by atoms with Crippen molar-refractivity contribution in [2.24, 2.45) is 10.3 Å². The normalized spacial score (nSPS) is 16.2. The van der Waals surface area contributed by atoms with E-state index >= 15 is 0 Å². The Labute approximate surface area is 175 Å². The Kier molecular flexibility index (Phi) is 5.74. The zero-order valence-electron chi connectivity index (χ0n) is 16.0. The predicted octanol–water partition coefficient (Wildman–Crippen LogP) is 4.35. The number of nitroso groups, excluding NO2 is 1. The van der Waals surface area contributed by atoms with Gasteiger partial charge in [0.2, 0.25) is 6.10 Å². The van der Waals surface area contributed by atoms with Crippen molar-refractivity contribution in [1.29, 1.82) is 0 Å². The molecule has 7 nitrogen and oxygen atoms in total. The van der Waals surface area contributed by atoms with Crippen LogP contribution in [-0.2, 0) is 9.63 Å². The molecule has 0 saturated carbocycles. The maximum absolute atomic E-state index is 14.0. The standard InChI is InChI=1S/C22H16F2N4O3/c23-15-5-8-17(18(24)10-15)21(27-30)13-3-6-16(7-4-13)26-22(29)20-11-19(28-31-20)14-2-1-9-25-12-14/h1-10,12,20-21H,11H2,(H,26,29). The molecule has 2 unspecified atom stereocenters. The van der Waals surface area contributed by atoms with Crippen LogP contribution in [0.5, 0.6) is 0 Å². The number of nitrogens with zero attached hydrogens (tertiary/aromatic N) is 3. The lowest BCUT2D eigenvalue weighted by molar-refractivity contribution is -0.125. The Bertz CT molecular complexity index is 1140. The first-order chi connectivity index (χ1) is 15.0. The van der Waals surface area contributed by atoms with Crippen molar-refractivity contribution in [1.82, 2.24) is 4.98 Å². The number of hydrogen-bond acceptors (Lipinski definition) is 6. The zero-order chi connectivity index (χ0) is 21.8. The van der Waals surface area contributed by atoms with E-state index in [0.29, 0.717) is 29.4 Å². The van der Waals surface area contributed by atoms with Gasteiger partial charge in [0.05, 0.1) is 5.71 Å². The molecule has 1 aromatic heterocycles. The van der Waals surface area contributed by atoms with E-state index in [0.717, 1.165) is 11.6 Å². The fraction of sp³-hybridized carbons (Fsp3) is 0.136. The summed E-state index contributed by atoms with van der Waals surface area (Å²) >= 11 is 0. The third kappa shape index (κ3) is 4.45. The summed E-state index contributed by atoms with van der Waals surface area (Å²) in [6, 6.07) is 11.6. The molecule has 1 aliphatic rings.